The summed E-state index contributed by atoms with van der Waals surface area (Å²) < 4.78 is 1.68. The molecule has 0 radical (unpaired) electrons. The first-order valence-corrected chi connectivity index (χ1v) is 19.7. The van der Waals surface area contributed by atoms with Gasteiger partial charge in [0.15, 0.2) is 0 Å². The second-order valence-corrected chi connectivity index (χ2v) is 15.4. The SMILES string of the molecule is CSCC[C@@H]1NC(=O)[C@H](C(C)C)NC(=O)CN(C(=O)c2ccc3c(c2)[nH]c(=O)n3C2CCC(O)CC2)C[C@@H](Cc2ccccc2)NC(=O)[C@H](C)NC1=O. The number of H-pyrrole nitrogens is 1. The van der Waals surface area contributed by atoms with Gasteiger partial charge in [0.1, 0.15) is 18.1 Å². The number of hydrogen-bond acceptors (Lipinski definition) is 8. The maximum Gasteiger partial charge on any atom is 0.326 e. The minimum atomic E-state index is -1.01. The van der Waals surface area contributed by atoms with Crippen LogP contribution in [0.4, 0.5) is 0 Å². The van der Waals surface area contributed by atoms with Crippen molar-refractivity contribution in [2.24, 2.45) is 5.92 Å². The van der Waals surface area contributed by atoms with E-state index in [2.05, 4.69) is 26.3 Å². The summed E-state index contributed by atoms with van der Waals surface area (Å²) in [4.78, 5) is 86.0. The fourth-order valence-corrected chi connectivity index (χ4v) is 7.54. The molecule has 5 rings (SSSR count). The molecule has 2 aromatic carbocycles. The van der Waals surface area contributed by atoms with Crippen LogP contribution < -0.4 is 27.0 Å². The molecule has 53 heavy (non-hydrogen) atoms. The Morgan fingerprint density at radius 3 is 2.30 bits per heavy atom. The highest BCUT2D eigenvalue weighted by molar-refractivity contribution is 7.98. The first kappa shape index (κ1) is 39.6. The van der Waals surface area contributed by atoms with Crippen molar-refractivity contribution in [1.29, 1.82) is 0 Å². The highest BCUT2D eigenvalue weighted by Gasteiger charge is 2.33. The molecular weight excluding hydrogens is 699 g/mol. The summed E-state index contributed by atoms with van der Waals surface area (Å²) in [5.41, 5.74) is 1.89. The molecule has 0 bridgehead atoms. The fourth-order valence-electron chi connectivity index (χ4n) is 7.07. The summed E-state index contributed by atoms with van der Waals surface area (Å²) in [5, 5.41) is 21.3. The minimum absolute atomic E-state index is 0.0809. The smallest absolute Gasteiger partial charge is 0.326 e. The van der Waals surface area contributed by atoms with Crippen molar-refractivity contribution in [3.05, 3.63) is 70.1 Å². The van der Waals surface area contributed by atoms with E-state index in [4.69, 9.17) is 0 Å². The van der Waals surface area contributed by atoms with Crippen molar-refractivity contribution in [1.82, 2.24) is 35.7 Å². The molecule has 2 aliphatic rings. The molecular formula is C38H51N7O7S. The van der Waals surface area contributed by atoms with Crippen LogP contribution in [0.1, 0.15) is 74.8 Å². The van der Waals surface area contributed by atoms with Gasteiger partial charge in [-0.05, 0) is 87.1 Å². The maximum atomic E-state index is 14.4. The number of aliphatic hydroxyl groups is 1. The van der Waals surface area contributed by atoms with Crippen molar-refractivity contribution in [2.75, 3.05) is 25.1 Å². The van der Waals surface area contributed by atoms with Crippen molar-refractivity contribution >= 4 is 52.3 Å². The van der Waals surface area contributed by atoms with Gasteiger partial charge in [-0.3, -0.25) is 28.5 Å². The second-order valence-electron chi connectivity index (χ2n) is 14.4. The second kappa shape index (κ2) is 17.9. The van der Waals surface area contributed by atoms with E-state index in [1.165, 1.54) is 16.7 Å². The van der Waals surface area contributed by atoms with Crippen LogP contribution in [0.15, 0.2) is 53.3 Å². The Hall–Kier alpha value is -4.63. The Kier molecular flexibility index (Phi) is 13.4. The summed E-state index contributed by atoms with van der Waals surface area (Å²) in [5.74, 6) is -2.44. The van der Waals surface area contributed by atoms with Crippen LogP contribution in [0.25, 0.3) is 11.0 Å². The third-order valence-corrected chi connectivity index (χ3v) is 10.6. The highest BCUT2D eigenvalue weighted by Crippen LogP contribution is 2.30. The number of aliphatic hydroxyl groups excluding tert-OH is 1. The lowest BCUT2D eigenvalue weighted by Crippen LogP contribution is -2.57. The van der Waals surface area contributed by atoms with Crippen molar-refractivity contribution in [3.8, 4) is 0 Å². The number of benzene rings is 2. The summed E-state index contributed by atoms with van der Waals surface area (Å²) >= 11 is 1.51. The van der Waals surface area contributed by atoms with Gasteiger partial charge in [0.05, 0.1) is 29.7 Å². The number of nitrogens with zero attached hydrogens (tertiary/aromatic N) is 2. The number of aromatic nitrogens is 2. The number of nitrogens with one attached hydrogen (secondary N) is 5. The molecule has 15 heteroatoms. The molecule has 2 fully saturated rings. The van der Waals surface area contributed by atoms with Gasteiger partial charge in [-0.15, -0.1) is 0 Å². The van der Waals surface area contributed by atoms with Crippen LogP contribution in [0.3, 0.4) is 0 Å². The van der Waals surface area contributed by atoms with Crippen molar-refractivity contribution in [2.45, 2.75) is 95.6 Å². The molecule has 0 spiro atoms. The molecule has 1 aliphatic heterocycles. The first-order valence-electron chi connectivity index (χ1n) is 18.3. The summed E-state index contributed by atoms with van der Waals surface area (Å²) in [6, 6.07) is 10.6. The van der Waals surface area contributed by atoms with Crippen LogP contribution in [0.2, 0.25) is 0 Å². The number of aromatic amines is 1. The Balaban J connectivity index is 1.50. The number of imidazole rings is 1. The number of fused-ring (bicyclic) bond motifs is 1. The average molecular weight is 750 g/mol. The van der Waals surface area contributed by atoms with E-state index in [1.807, 2.05) is 36.6 Å². The van der Waals surface area contributed by atoms with E-state index in [1.54, 1.807) is 43.5 Å². The minimum Gasteiger partial charge on any atom is -0.393 e. The van der Waals surface area contributed by atoms with Crippen LogP contribution in [-0.4, -0.2) is 104 Å². The molecule has 1 aromatic heterocycles. The van der Waals surface area contributed by atoms with E-state index in [-0.39, 0.29) is 35.9 Å². The molecule has 1 aliphatic carbocycles. The quantitative estimate of drug-likeness (QED) is 0.201. The van der Waals surface area contributed by atoms with Crippen molar-refractivity contribution in [3.63, 3.8) is 0 Å². The first-order chi connectivity index (χ1) is 25.3. The molecule has 4 atom stereocenters. The number of carbonyl (C=O) groups is 5. The van der Waals surface area contributed by atoms with E-state index < -0.39 is 60.2 Å². The lowest BCUT2D eigenvalue weighted by molar-refractivity contribution is -0.134. The summed E-state index contributed by atoms with van der Waals surface area (Å²) in [7, 11) is 0. The highest BCUT2D eigenvalue weighted by atomic mass is 32.2. The zero-order valence-corrected chi connectivity index (χ0v) is 31.5. The Morgan fingerprint density at radius 2 is 1.62 bits per heavy atom. The van der Waals surface area contributed by atoms with Crippen LogP contribution in [0.5, 0.6) is 0 Å². The van der Waals surface area contributed by atoms with Gasteiger partial charge < -0.3 is 36.3 Å². The van der Waals surface area contributed by atoms with E-state index in [0.717, 1.165) is 5.56 Å². The Morgan fingerprint density at radius 1 is 0.906 bits per heavy atom. The Bertz CT molecular complexity index is 1840. The van der Waals surface area contributed by atoms with Gasteiger partial charge in [-0.1, -0.05) is 44.2 Å². The number of hydrogen-bond donors (Lipinski definition) is 6. The zero-order valence-electron chi connectivity index (χ0n) is 30.7. The molecule has 5 amide bonds. The van der Waals surface area contributed by atoms with Crippen molar-refractivity contribution < 1.29 is 29.1 Å². The molecule has 2 heterocycles. The summed E-state index contributed by atoms with van der Waals surface area (Å²) in [6.07, 6.45) is 4.64. The van der Waals surface area contributed by atoms with E-state index in [0.29, 0.717) is 55.3 Å². The van der Waals surface area contributed by atoms with E-state index in [9.17, 15) is 33.9 Å². The lowest BCUT2D eigenvalue weighted by Gasteiger charge is -2.30. The third-order valence-electron chi connectivity index (χ3n) is 9.99. The molecule has 14 nitrogen and oxygen atoms in total. The standard InChI is InChI=1S/C38H51N7O7S/c1-22(2)33-36(50)41-29(16-17-53-4)35(49)39-23(3)34(48)40-26(18-24-8-6-5-7-9-24)20-44(21-32(47)43-33)37(51)25-10-15-31-30(19-25)42-38(52)45(31)27-11-13-28(46)14-12-27/h5-10,15,19,22-23,26-29,33,46H,11-14,16-18,20-21H2,1-4H3,(H,39,49)(H,40,48)(H,41,50)(H,42,52)(H,43,47)/t23-,26+,27?,28?,29-,33-/m0/s1. The molecule has 1 saturated carbocycles. The van der Waals surface area contributed by atoms with Gasteiger partial charge in [0.25, 0.3) is 5.91 Å². The van der Waals surface area contributed by atoms with Gasteiger partial charge in [0, 0.05) is 18.2 Å². The van der Waals surface area contributed by atoms with Crippen LogP contribution in [0, 0.1) is 5.92 Å². The number of rotatable bonds is 8. The molecule has 0 unspecified atom stereocenters. The largest absolute Gasteiger partial charge is 0.393 e. The van der Waals surface area contributed by atoms with E-state index >= 15 is 0 Å². The normalized spacial score (nSPS) is 25.2. The third kappa shape index (κ3) is 10.1. The monoisotopic (exact) mass is 749 g/mol. The van der Waals surface area contributed by atoms with Crippen LogP contribution >= 0.6 is 11.8 Å². The fraction of sp³-hybridized carbons (Fsp3) is 0.526. The zero-order chi connectivity index (χ0) is 38.2. The van der Waals surface area contributed by atoms with Crippen LogP contribution in [-0.2, 0) is 25.6 Å². The van der Waals surface area contributed by atoms with Gasteiger partial charge >= 0.3 is 5.69 Å². The molecule has 286 valence electrons. The van der Waals surface area contributed by atoms with Gasteiger partial charge in [0.2, 0.25) is 23.6 Å². The van der Waals surface area contributed by atoms with Gasteiger partial charge in [-0.25, -0.2) is 4.79 Å². The Labute approximate surface area is 313 Å². The molecule has 6 N–H and O–H groups in total. The number of carbonyl (C=O) groups excluding carboxylic acids is 5. The number of thioether (sulfide) groups is 1. The average Bonchev–Trinajstić information content (AvgIpc) is 3.46. The maximum absolute atomic E-state index is 14.4. The number of amides is 5. The summed E-state index contributed by atoms with van der Waals surface area (Å²) in [6.45, 7) is 4.59. The lowest BCUT2D eigenvalue weighted by atomic mass is 9.93. The predicted octanol–water partition coefficient (Wildman–Crippen LogP) is 1.87. The topological polar surface area (TPSA) is 195 Å². The molecule has 3 aromatic rings. The molecule has 1 saturated heterocycles. The predicted molar refractivity (Wildman–Crippen MR) is 203 cm³/mol. The van der Waals surface area contributed by atoms with Gasteiger partial charge in [-0.2, -0.15) is 11.8 Å².